The molecule has 0 spiro atoms. The summed E-state index contributed by atoms with van der Waals surface area (Å²) < 4.78 is 6.66. The lowest BCUT2D eigenvalue weighted by molar-refractivity contribution is 0.423. The fourth-order valence-electron chi connectivity index (χ4n) is 1.45. The average Bonchev–Trinajstić information content (AvgIpc) is 2.98. The largest absolute Gasteiger partial charge is 0.330 e. The predicted molar refractivity (Wildman–Crippen MR) is 59.4 cm³/mol. The van der Waals surface area contributed by atoms with Crippen molar-refractivity contribution in [1.82, 2.24) is 24.9 Å². The number of aromatic nitrogens is 5. The standard InChI is InChI=1S/C11H9N5O/c1-8-13-11(17-15-8)10-12-7-16(14-10)9-5-3-2-4-6-9/h2-7H,1H3. The zero-order valence-corrected chi connectivity index (χ0v) is 9.11. The van der Waals surface area contributed by atoms with Crippen molar-refractivity contribution >= 4 is 0 Å². The summed E-state index contributed by atoms with van der Waals surface area (Å²) in [6, 6.07) is 9.71. The number of aryl methyl sites for hydroxylation is 1. The molecule has 0 fully saturated rings. The van der Waals surface area contributed by atoms with Crippen molar-refractivity contribution in [1.29, 1.82) is 0 Å². The molecule has 0 amide bonds. The second kappa shape index (κ2) is 3.82. The summed E-state index contributed by atoms with van der Waals surface area (Å²) in [5.74, 6) is 1.32. The van der Waals surface area contributed by atoms with Gasteiger partial charge < -0.3 is 4.52 Å². The molecular weight excluding hydrogens is 218 g/mol. The summed E-state index contributed by atoms with van der Waals surface area (Å²) >= 11 is 0. The van der Waals surface area contributed by atoms with Crippen molar-refractivity contribution in [2.75, 3.05) is 0 Å². The lowest BCUT2D eigenvalue weighted by Crippen LogP contribution is -1.94. The van der Waals surface area contributed by atoms with Crippen LogP contribution in [-0.4, -0.2) is 24.9 Å². The molecule has 0 saturated heterocycles. The molecule has 0 radical (unpaired) electrons. The molecule has 6 nitrogen and oxygen atoms in total. The lowest BCUT2D eigenvalue weighted by atomic mass is 10.3. The van der Waals surface area contributed by atoms with Crippen molar-refractivity contribution in [2.45, 2.75) is 6.92 Å². The van der Waals surface area contributed by atoms with E-state index in [9.17, 15) is 0 Å². The Kier molecular flexibility index (Phi) is 2.18. The Bertz CT molecular complexity index is 628. The van der Waals surface area contributed by atoms with Crippen LogP contribution in [0.2, 0.25) is 0 Å². The highest BCUT2D eigenvalue weighted by Gasteiger charge is 2.11. The molecule has 3 aromatic rings. The van der Waals surface area contributed by atoms with Gasteiger partial charge in [0.05, 0.1) is 5.69 Å². The molecule has 0 unspecified atom stereocenters. The van der Waals surface area contributed by atoms with E-state index in [1.165, 1.54) is 0 Å². The van der Waals surface area contributed by atoms with E-state index in [1.54, 1.807) is 17.9 Å². The minimum atomic E-state index is 0.331. The second-order valence-electron chi connectivity index (χ2n) is 3.50. The third-order valence-corrected chi connectivity index (χ3v) is 2.23. The van der Waals surface area contributed by atoms with Gasteiger partial charge in [0.2, 0.25) is 5.82 Å². The number of benzene rings is 1. The molecule has 2 heterocycles. The van der Waals surface area contributed by atoms with E-state index < -0.39 is 0 Å². The number of hydrogen-bond acceptors (Lipinski definition) is 5. The summed E-state index contributed by atoms with van der Waals surface area (Å²) in [4.78, 5) is 8.20. The van der Waals surface area contributed by atoms with Gasteiger partial charge in [-0.25, -0.2) is 9.67 Å². The summed E-state index contributed by atoms with van der Waals surface area (Å²) in [5, 5.41) is 7.97. The molecule has 0 aliphatic carbocycles. The Morgan fingerprint density at radius 1 is 1.18 bits per heavy atom. The molecule has 0 aliphatic heterocycles. The lowest BCUT2D eigenvalue weighted by Gasteiger charge is -1.97. The molecule has 84 valence electrons. The first-order valence-electron chi connectivity index (χ1n) is 5.11. The van der Waals surface area contributed by atoms with Crippen LogP contribution >= 0.6 is 0 Å². The molecule has 0 N–H and O–H groups in total. The van der Waals surface area contributed by atoms with Crippen LogP contribution in [0, 0.1) is 6.92 Å². The normalized spacial score (nSPS) is 10.6. The fourth-order valence-corrected chi connectivity index (χ4v) is 1.45. The van der Waals surface area contributed by atoms with E-state index in [4.69, 9.17) is 4.52 Å². The minimum Gasteiger partial charge on any atom is -0.330 e. The maximum absolute atomic E-state index is 5.00. The highest BCUT2D eigenvalue weighted by atomic mass is 16.5. The van der Waals surface area contributed by atoms with Crippen molar-refractivity contribution in [3.05, 3.63) is 42.5 Å². The third-order valence-electron chi connectivity index (χ3n) is 2.23. The van der Waals surface area contributed by atoms with Gasteiger partial charge in [0.25, 0.3) is 5.89 Å². The highest BCUT2D eigenvalue weighted by Crippen LogP contribution is 2.13. The third kappa shape index (κ3) is 1.80. The predicted octanol–water partition coefficient (Wildman–Crippen LogP) is 1.63. The van der Waals surface area contributed by atoms with E-state index in [2.05, 4.69) is 20.2 Å². The number of para-hydroxylation sites is 1. The van der Waals surface area contributed by atoms with E-state index >= 15 is 0 Å². The molecule has 17 heavy (non-hydrogen) atoms. The van der Waals surface area contributed by atoms with E-state index in [0.717, 1.165) is 5.69 Å². The van der Waals surface area contributed by atoms with Gasteiger partial charge in [0, 0.05) is 0 Å². The van der Waals surface area contributed by atoms with Crippen molar-refractivity contribution in [2.24, 2.45) is 0 Å². The summed E-state index contributed by atoms with van der Waals surface area (Å²) in [7, 11) is 0. The topological polar surface area (TPSA) is 69.6 Å². The van der Waals surface area contributed by atoms with Gasteiger partial charge in [0.1, 0.15) is 6.33 Å². The van der Waals surface area contributed by atoms with E-state index in [-0.39, 0.29) is 0 Å². The molecular formula is C11H9N5O. The van der Waals surface area contributed by atoms with Crippen molar-refractivity contribution < 1.29 is 4.52 Å². The highest BCUT2D eigenvalue weighted by molar-refractivity contribution is 5.39. The molecule has 6 heteroatoms. The zero-order valence-electron chi connectivity index (χ0n) is 9.11. The van der Waals surface area contributed by atoms with Gasteiger partial charge in [-0.05, 0) is 19.1 Å². The number of hydrogen-bond donors (Lipinski definition) is 0. The molecule has 0 saturated carbocycles. The first-order valence-corrected chi connectivity index (χ1v) is 5.11. The van der Waals surface area contributed by atoms with E-state index in [1.807, 2.05) is 30.3 Å². The van der Waals surface area contributed by atoms with Gasteiger partial charge >= 0.3 is 0 Å². The van der Waals surface area contributed by atoms with Gasteiger partial charge in [-0.1, -0.05) is 23.4 Å². The Labute approximate surface area is 96.9 Å². The van der Waals surface area contributed by atoms with E-state index in [0.29, 0.717) is 17.5 Å². The Morgan fingerprint density at radius 2 is 2.00 bits per heavy atom. The Morgan fingerprint density at radius 3 is 2.71 bits per heavy atom. The SMILES string of the molecule is Cc1noc(-c2ncn(-c3ccccc3)n2)n1. The number of nitrogens with zero attached hydrogens (tertiary/aromatic N) is 5. The summed E-state index contributed by atoms with van der Waals surface area (Å²) in [6.07, 6.45) is 1.62. The molecule has 0 bridgehead atoms. The molecule has 3 rings (SSSR count). The van der Waals surface area contributed by atoms with Crippen LogP contribution in [0.25, 0.3) is 17.4 Å². The molecule has 1 aromatic carbocycles. The van der Waals surface area contributed by atoms with Crippen LogP contribution in [0.5, 0.6) is 0 Å². The van der Waals surface area contributed by atoms with Crippen LogP contribution in [-0.2, 0) is 0 Å². The second-order valence-corrected chi connectivity index (χ2v) is 3.50. The minimum absolute atomic E-state index is 0.331. The van der Waals surface area contributed by atoms with Crippen LogP contribution in [0.15, 0.2) is 41.2 Å². The maximum Gasteiger partial charge on any atom is 0.297 e. The fraction of sp³-hybridized carbons (Fsp3) is 0.0909. The Hall–Kier alpha value is -2.50. The maximum atomic E-state index is 5.00. The summed E-state index contributed by atoms with van der Waals surface area (Å²) in [6.45, 7) is 1.75. The Balaban J connectivity index is 1.99. The first-order chi connectivity index (χ1) is 8.33. The summed E-state index contributed by atoms with van der Waals surface area (Å²) in [5.41, 5.74) is 0.933. The first kappa shape index (κ1) is 9.71. The average molecular weight is 227 g/mol. The molecule has 2 aromatic heterocycles. The smallest absolute Gasteiger partial charge is 0.297 e. The monoisotopic (exact) mass is 227 g/mol. The van der Waals surface area contributed by atoms with Gasteiger partial charge in [-0.2, -0.15) is 4.98 Å². The zero-order chi connectivity index (χ0) is 11.7. The molecule has 0 atom stereocenters. The van der Waals surface area contributed by atoms with Gasteiger partial charge in [0.15, 0.2) is 5.82 Å². The van der Waals surface area contributed by atoms with Gasteiger partial charge in [-0.15, -0.1) is 5.10 Å². The van der Waals surface area contributed by atoms with Crippen molar-refractivity contribution in [3.8, 4) is 17.4 Å². The van der Waals surface area contributed by atoms with Crippen molar-refractivity contribution in [3.63, 3.8) is 0 Å². The quantitative estimate of drug-likeness (QED) is 0.665. The van der Waals surface area contributed by atoms with Gasteiger partial charge in [-0.3, -0.25) is 0 Å². The van der Waals surface area contributed by atoms with Crippen LogP contribution in [0.3, 0.4) is 0 Å². The molecule has 0 aliphatic rings. The van der Waals surface area contributed by atoms with Crippen LogP contribution in [0.1, 0.15) is 5.82 Å². The van der Waals surface area contributed by atoms with Crippen LogP contribution in [0.4, 0.5) is 0 Å². The number of rotatable bonds is 2. The van der Waals surface area contributed by atoms with Crippen LogP contribution < -0.4 is 0 Å².